The summed E-state index contributed by atoms with van der Waals surface area (Å²) in [6.07, 6.45) is 0. The van der Waals surface area contributed by atoms with E-state index in [2.05, 4.69) is 15.5 Å². The van der Waals surface area contributed by atoms with E-state index in [1.54, 1.807) is 19.1 Å². The number of halogens is 1. The summed E-state index contributed by atoms with van der Waals surface area (Å²) in [5, 5.41) is 11.7. The number of nitrogens with two attached hydrogens (primary N) is 1. The number of rotatable bonds is 5. The molecule has 1 heterocycles. The number of nitrogen functional groups attached to an aromatic ring is 1. The molecule has 0 aliphatic carbocycles. The minimum atomic E-state index is -0.390. The van der Waals surface area contributed by atoms with E-state index in [4.69, 9.17) is 17.4 Å². The molecule has 3 N–H and O–H groups in total. The van der Waals surface area contributed by atoms with E-state index in [0.29, 0.717) is 16.0 Å². The zero-order valence-corrected chi connectivity index (χ0v) is 15.0. The van der Waals surface area contributed by atoms with Crippen molar-refractivity contribution in [2.24, 2.45) is 0 Å². The number of thioether (sulfide) groups is 1. The highest BCUT2D eigenvalue weighted by Crippen LogP contribution is 2.26. The Morgan fingerprint density at radius 2 is 1.96 bits per heavy atom. The molecule has 0 aliphatic heterocycles. The van der Waals surface area contributed by atoms with E-state index in [1.165, 1.54) is 16.4 Å². The van der Waals surface area contributed by atoms with Crippen LogP contribution in [0.15, 0.2) is 59.8 Å². The molecule has 0 saturated heterocycles. The second-order valence-electron chi connectivity index (χ2n) is 5.30. The number of hydrogen-bond acceptors (Lipinski definition) is 5. The first kappa shape index (κ1) is 17.3. The number of para-hydroxylation sites is 1. The quantitative estimate of drug-likeness (QED) is 0.528. The summed E-state index contributed by atoms with van der Waals surface area (Å²) in [6.45, 7) is 1.79. The summed E-state index contributed by atoms with van der Waals surface area (Å²) in [4.78, 5) is 12.3. The van der Waals surface area contributed by atoms with Gasteiger partial charge in [0.2, 0.25) is 11.1 Å². The van der Waals surface area contributed by atoms with E-state index < -0.39 is 0 Å². The zero-order chi connectivity index (χ0) is 17.8. The molecule has 0 aliphatic rings. The Bertz CT molecular complexity index is 884. The van der Waals surface area contributed by atoms with Crippen LogP contribution in [0.1, 0.15) is 6.92 Å². The van der Waals surface area contributed by atoms with Crippen molar-refractivity contribution in [3.63, 3.8) is 0 Å². The van der Waals surface area contributed by atoms with Crippen LogP contribution < -0.4 is 11.2 Å². The first-order valence-corrected chi connectivity index (χ1v) is 8.79. The lowest BCUT2D eigenvalue weighted by molar-refractivity contribution is -0.115. The predicted molar refractivity (Wildman–Crippen MR) is 101 cm³/mol. The Morgan fingerprint density at radius 1 is 1.20 bits per heavy atom. The lowest BCUT2D eigenvalue weighted by atomic mass is 10.2. The van der Waals surface area contributed by atoms with Gasteiger partial charge in [-0.25, -0.2) is 4.68 Å². The number of amides is 1. The highest BCUT2D eigenvalue weighted by Gasteiger charge is 2.20. The van der Waals surface area contributed by atoms with Gasteiger partial charge in [0.25, 0.3) is 0 Å². The predicted octanol–water partition coefficient (Wildman–Crippen LogP) is 3.43. The van der Waals surface area contributed by atoms with Crippen LogP contribution in [0.2, 0.25) is 5.02 Å². The molecule has 0 bridgehead atoms. The second kappa shape index (κ2) is 7.58. The topological polar surface area (TPSA) is 85.8 Å². The van der Waals surface area contributed by atoms with Crippen LogP contribution in [0.4, 0.5) is 5.69 Å². The largest absolute Gasteiger partial charge is 0.335 e. The van der Waals surface area contributed by atoms with Crippen molar-refractivity contribution in [3.8, 4) is 11.4 Å². The Morgan fingerprint density at radius 3 is 2.68 bits per heavy atom. The normalized spacial score (nSPS) is 11.9. The van der Waals surface area contributed by atoms with Crippen molar-refractivity contribution in [2.45, 2.75) is 17.3 Å². The first-order chi connectivity index (χ1) is 12.0. The number of nitrogens with one attached hydrogen (secondary N) is 1. The van der Waals surface area contributed by atoms with Crippen LogP contribution in [-0.4, -0.2) is 26.0 Å². The second-order valence-corrected chi connectivity index (χ2v) is 7.05. The maximum absolute atomic E-state index is 12.3. The van der Waals surface area contributed by atoms with Crippen molar-refractivity contribution in [2.75, 3.05) is 11.2 Å². The number of carbonyl (C=O) groups is 1. The van der Waals surface area contributed by atoms with Gasteiger partial charge in [0, 0.05) is 16.3 Å². The molecule has 3 aromatic rings. The summed E-state index contributed by atoms with van der Waals surface area (Å²) in [5.41, 5.74) is 1.50. The van der Waals surface area contributed by atoms with Gasteiger partial charge >= 0.3 is 0 Å². The van der Waals surface area contributed by atoms with Gasteiger partial charge in [0.1, 0.15) is 0 Å². The minimum Gasteiger partial charge on any atom is -0.335 e. The smallest absolute Gasteiger partial charge is 0.237 e. The average molecular weight is 374 g/mol. The van der Waals surface area contributed by atoms with Gasteiger partial charge < -0.3 is 11.2 Å². The molecule has 0 radical (unpaired) electrons. The number of nitrogens with zero attached hydrogens (tertiary/aromatic N) is 3. The lowest BCUT2D eigenvalue weighted by Crippen LogP contribution is -2.23. The molecule has 3 rings (SSSR count). The molecule has 0 unspecified atom stereocenters. The standard InChI is InChI=1S/C17H16ClN5OS/c1-11(16(24)20-14-8-3-2-4-9-14)25-17-22-21-15(23(17)19)12-6-5-7-13(18)10-12/h2-11H,19H2,1H3,(H,20,24)/t11-/m1/s1. The number of hydrogen-bond donors (Lipinski definition) is 2. The van der Waals surface area contributed by atoms with Crippen LogP contribution in [0, 0.1) is 0 Å². The Hall–Kier alpha value is -2.51. The number of benzene rings is 2. The third-order valence-electron chi connectivity index (χ3n) is 3.44. The lowest BCUT2D eigenvalue weighted by Gasteiger charge is -2.11. The molecule has 2 aromatic carbocycles. The third kappa shape index (κ3) is 4.12. The zero-order valence-electron chi connectivity index (χ0n) is 13.4. The molecule has 8 heteroatoms. The molecule has 1 aromatic heterocycles. The molecular weight excluding hydrogens is 358 g/mol. The summed E-state index contributed by atoms with van der Waals surface area (Å²) >= 11 is 7.24. The Labute approximate surface area is 154 Å². The van der Waals surface area contributed by atoms with Gasteiger partial charge in [0.05, 0.1) is 5.25 Å². The van der Waals surface area contributed by atoms with E-state index in [0.717, 1.165) is 11.3 Å². The van der Waals surface area contributed by atoms with Crippen molar-refractivity contribution in [3.05, 3.63) is 59.6 Å². The van der Waals surface area contributed by atoms with Crippen LogP contribution in [0.3, 0.4) is 0 Å². The fourth-order valence-corrected chi connectivity index (χ4v) is 3.12. The molecule has 1 atom stereocenters. The molecular formula is C17H16ClN5OS. The monoisotopic (exact) mass is 373 g/mol. The van der Waals surface area contributed by atoms with Crippen molar-refractivity contribution in [1.29, 1.82) is 0 Å². The summed E-state index contributed by atoms with van der Waals surface area (Å²) in [5.74, 6) is 6.43. The maximum atomic E-state index is 12.3. The number of aromatic nitrogens is 3. The van der Waals surface area contributed by atoms with Crippen LogP contribution in [0.25, 0.3) is 11.4 Å². The highest BCUT2D eigenvalue weighted by molar-refractivity contribution is 8.00. The average Bonchev–Trinajstić information content (AvgIpc) is 2.96. The van der Waals surface area contributed by atoms with Crippen molar-refractivity contribution < 1.29 is 4.79 Å². The van der Waals surface area contributed by atoms with E-state index in [1.807, 2.05) is 42.5 Å². The van der Waals surface area contributed by atoms with Crippen molar-refractivity contribution in [1.82, 2.24) is 14.9 Å². The molecule has 0 spiro atoms. The first-order valence-electron chi connectivity index (χ1n) is 7.53. The molecule has 128 valence electrons. The third-order valence-corrected chi connectivity index (χ3v) is 4.73. The van der Waals surface area contributed by atoms with Crippen LogP contribution >= 0.6 is 23.4 Å². The van der Waals surface area contributed by atoms with Gasteiger partial charge in [-0.1, -0.05) is 53.7 Å². The number of carbonyl (C=O) groups excluding carboxylic acids is 1. The fourth-order valence-electron chi connectivity index (χ4n) is 2.16. The maximum Gasteiger partial charge on any atom is 0.237 e. The molecule has 0 saturated carbocycles. The number of anilines is 1. The summed E-state index contributed by atoms with van der Waals surface area (Å²) in [7, 11) is 0. The van der Waals surface area contributed by atoms with Crippen LogP contribution in [0.5, 0.6) is 0 Å². The Balaban J connectivity index is 1.72. The van der Waals surface area contributed by atoms with Gasteiger partial charge in [-0.3, -0.25) is 4.79 Å². The molecule has 0 fully saturated rings. The summed E-state index contributed by atoms with van der Waals surface area (Å²) in [6, 6.07) is 16.5. The van der Waals surface area contributed by atoms with E-state index in [-0.39, 0.29) is 11.2 Å². The molecule has 25 heavy (non-hydrogen) atoms. The van der Waals surface area contributed by atoms with E-state index in [9.17, 15) is 4.79 Å². The Kier molecular flexibility index (Phi) is 5.25. The fraction of sp³-hybridized carbons (Fsp3) is 0.118. The van der Waals surface area contributed by atoms with Crippen LogP contribution in [-0.2, 0) is 4.79 Å². The van der Waals surface area contributed by atoms with Gasteiger partial charge in [-0.05, 0) is 31.2 Å². The van der Waals surface area contributed by atoms with Gasteiger partial charge in [0.15, 0.2) is 5.82 Å². The van der Waals surface area contributed by atoms with Gasteiger partial charge in [-0.15, -0.1) is 10.2 Å². The molecule has 6 nitrogen and oxygen atoms in total. The van der Waals surface area contributed by atoms with E-state index >= 15 is 0 Å². The minimum absolute atomic E-state index is 0.136. The van der Waals surface area contributed by atoms with Crippen molar-refractivity contribution >= 4 is 35.0 Å². The molecule has 1 amide bonds. The van der Waals surface area contributed by atoms with Gasteiger partial charge in [-0.2, -0.15) is 0 Å². The SMILES string of the molecule is C[C@@H](Sc1nnc(-c2cccc(Cl)c2)n1N)C(=O)Nc1ccccc1. The summed E-state index contributed by atoms with van der Waals surface area (Å²) < 4.78 is 1.36. The highest BCUT2D eigenvalue weighted by atomic mass is 35.5.